The van der Waals surface area contributed by atoms with E-state index in [2.05, 4.69) is 9.44 Å². The van der Waals surface area contributed by atoms with Gasteiger partial charge in [0.1, 0.15) is 4.21 Å². The van der Waals surface area contributed by atoms with Gasteiger partial charge in [-0.15, -0.1) is 11.3 Å². The summed E-state index contributed by atoms with van der Waals surface area (Å²) in [7, 11) is -6.82. The van der Waals surface area contributed by atoms with E-state index in [0.29, 0.717) is 12.8 Å². The van der Waals surface area contributed by atoms with Crippen LogP contribution < -0.4 is 15.2 Å². The molecular formula is C14H27N3O4S3. The van der Waals surface area contributed by atoms with E-state index in [1.807, 2.05) is 6.92 Å². The Hall–Kier alpha value is -0.520. The molecule has 0 aliphatic rings. The highest BCUT2D eigenvalue weighted by atomic mass is 32.2. The Labute approximate surface area is 149 Å². The zero-order chi connectivity index (χ0) is 18.2. The van der Waals surface area contributed by atoms with Crippen LogP contribution in [-0.2, 0) is 26.5 Å². The summed E-state index contributed by atoms with van der Waals surface area (Å²) in [5.74, 6) is 0.0270. The molecule has 0 saturated carbocycles. The van der Waals surface area contributed by atoms with E-state index in [9.17, 15) is 16.8 Å². The first kappa shape index (κ1) is 21.5. The van der Waals surface area contributed by atoms with Crippen LogP contribution in [0.2, 0.25) is 0 Å². The summed E-state index contributed by atoms with van der Waals surface area (Å²) in [6.45, 7) is 4.12. The summed E-state index contributed by atoms with van der Waals surface area (Å²) in [4.78, 5) is 0.812. The molecule has 0 aliphatic heterocycles. The Balaban J connectivity index is 2.65. The number of hydrogen-bond acceptors (Lipinski definition) is 6. The van der Waals surface area contributed by atoms with E-state index in [1.54, 1.807) is 19.1 Å². The van der Waals surface area contributed by atoms with Crippen LogP contribution in [0.1, 0.15) is 38.0 Å². The van der Waals surface area contributed by atoms with Crippen molar-refractivity contribution in [3.63, 3.8) is 0 Å². The quantitative estimate of drug-likeness (QED) is 0.487. The van der Waals surface area contributed by atoms with Crippen LogP contribution >= 0.6 is 11.3 Å². The molecule has 1 unspecified atom stereocenters. The Morgan fingerprint density at radius 3 is 2.50 bits per heavy atom. The molecule has 0 aliphatic carbocycles. The fourth-order valence-electron chi connectivity index (χ4n) is 2.02. The summed E-state index contributed by atoms with van der Waals surface area (Å²) in [6, 6.07) is 2.99. The third-order valence-corrected chi connectivity index (χ3v) is 8.05. The van der Waals surface area contributed by atoms with Crippen molar-refractivity contribution in [2.24, 2.45) is 5.73 Å². The molecule has 140 valence electrons. The van der Waals surface area contributed by atoms with Gasteiger partial charge in [-0.1, -0.05) is 19.8 Å². The van der Waals surface area contributed by atoms with Crippen molar-refractivity contribution in [1.82, 2.24) is 9.44 Å². The number of thiophene rings is 1. The van der Waals surface area contributed by atoms with Gasteiger partial charge in [0.2, 0.25) is 20.0 Å². The molecule has 0 bridgehead atoms. The Bertz CT molecular complexity index is 699. The van der Waals surface area contributed by atoms with E-state index in [0.717, 1.165) is 29.1 Å². The molecule has 0 amide bonds. The molecule has 0 spiro atoms. The molecular weight excluding hydrogens is 370 g/mol. The maximum absolute atomic E-state index is 12.4. The normalized spacial score (nSPS) is 14.0. The predicted octanol–water partition coefficient (Wildman–Crippen LogP) is 1.03. The fraction of sp³-hybridized carbons (Fsp3) is 0.714. The second-order valence-corrected chi connectivity index (χ2v) is 10.7. The number of nitrogens with one attached hydrogen (secondary N) is 2. The minimum Gasteiger partial charge on any atom is -0.329 e. The zero-order valence-corrected chi connectivity index (χ0v) is 16.6. The third kappa shape index (κ3) is 7.16. The van der Waals surface area contributed by atoms with Crippen LogP contribution in [0.25, 0.3) is 0 Å². The van der Waals surface area contributed by atoms with E-state index in [4.69, 9.17) is 5.73 Å². The standard InChI is InChI=1S/C14H27N3O4S3/c1-3-5-6-12(11-15)17-24(20,21)14-8-7-13(22-14)9-10-16-23(18,19)4-2/h7-8,12,16-17H,3-6,9-11,15H2,1-2H3. The second kappa shape index (κ2) is 9.83. The molecule has 0 fully saturated rings. The van der Waals surface area contributed by atoms with Crippen LogP contribution in [0.15, 0.2) is 16.3 Å². The van der Waals surface area contributed by atoms with E-state index >= 15 is 0 Å². The summed E-state index contributed by atoms with van der Waals surface area (Å²) in [5.41, 5.74) is 5.63. The monoisotopic (exact) mass is 397 g/mol. The predicted molar refractivity (Wildman–Crippen MR) is 98.2 cm³/mol. The first-order valence-electron chi connectivity index (χ1n) is 8.02. The number of hydrogen-bond donors (Lipinski definition) is 3. The van der Waals surface area contributed by atoms with Crippen LogP contribution in [0, 0.1) is 0 Å². The van der Waals surface area contributed by atoms with Gasteiger partial charge in [0.25, 0.3) is 0 Å². The van der Waals surface area contributed by atoms with Gasteiger partial charge < -0.3 is 5.73 Å². The molecule has 24 heavy (non-hydrogen) atoms. The second-order valence-electron chi connectivity index (χ2n) is 5.46. The molecule has 1 atom stereocenters. The lowest BCUT2D eigenvalue weighted by Gasteiger charge is -2.15. The molecule has 0 aromatic carbocycles. The Kier molecular flexibility index (Phi) is 8.82. The highest BCUT2D eigenvalue weighted by Gasteiger charge is 2.21. The Morgan fingerprint density at radius 2 is 1.92 bits per heavy atom. The highest BCUT2D eigenvalue weighted by molar-refractivity contribution is 7.91. The number of rotatable bonds is 12. The Morgan fingerprint density at radius 1 is 1.21 bits per heavy atom. The van der Waals surface area contributed by atoms with E-state index in [-0.39, 0.29) is 29.1 Å². The average molecular weight is 398 g/mol. The topological polar surface area (TPSA) is 118 Å². The van der Waals surface area contributed by atoms with Crippen molar-refractivity contribution in [1.29, 1.82) is 0 Å². The van der Waals surface area contributed by atoms with Crippen molar-refractivity contribution in [2.75, 3.05) is 18.8 Å². The van der Waals surface area contributed by atoms with Crippen LogP contribution in [-0.4, -0.2) is 41.7 Å². The summed E-state index contributed by atoms with van der Waals surface area (Å²) in [6.07, 6.45) is 3.06. The van der Waals surface area contributed by atoms with Gasteiger partial charge in [-0.25, -0.2) is 26.3 Å². The smallest absolute Gasteiger partial charge is 0.250 e. The van der Waals surface area contributed by atoms with Gasteiger partial charge >= 0.3 is 0 Å². The maximum atomic E-state index is 12.4. The molecule has 1 aromatic rings. The van der Waals surface area contributed by atoms with Gasteiger partial charge in [0.05, 0.1) is 5.75 Å². The summed E-state index contributed by atoms with van der Waals surface area (Å²) in [5, 5.41) is 0. The van der Waals surface area contributed by atoms with Gasteiger partial charge in [0, 0.05) is 24.0 Å². The van der Waals surface area contributed by atoms with Gasteiger partial charge in [-0.3, -0.25) is 0 Å². The fourth-order valence-corrected chi connectivity index (χ4v) is 5.29. The molecule has 1 rings (SSSR count). The first-order chi connectivity index (χ1) is 11.2. The summed E-state index contributed by atoms with van der Waals surface area (Å²) >= 11 is 1.15. The first-order valence-corrected chi connectivity index (χ1v) is 12.0. The lowest BCUT2D eigenvalue weighted by Crippen LogP contribution is -2.39. The maximum Gasteiger partial charge on any atom is 0.250 e. The lowest BCUT2D eigenvalue weighted by atomic mass is 10.1. The van der Waals surface area contributed by atoms with Crippen molar-refractivity contribution < 1.29 is 16.8 Å². The molecule has 4 N–H and O–H groups in total. The average Bonchev–Trinajstić information content (AvgIpc) is 3.01. The minimum absolute atomic E-state index is 0.0270. The minimum atomic E-state index is -3.59. The highest BCUT2D eigenvalue weighted by Crippen LogP contribution is 2.22. The molecule has 1 aromatic heterocycles. The molecule has 1 heterocycles. The van der Waals surface area contributed by atoms with E-state index in [1.165, 1.54) is 0 Å². The van der Waals surface area contributed by atoms with E-state index < -0.39 is 20.0 Å². The lowest BCUT2D eigenvalue weighted by molar-refractivity contribution is 0.517. The van der Waals surface area contributed by atoms with Gasteiger partial charge in [-0.2, -0.15) is 0 Å². The van der Waals surface area contributed by atoms with Gasteiger partial charge in [0.15, 0.2) is 0 Å². The van der Waals surface area contributed by atoms with Crippen molar-refractivity contribution in [3.8, 4) is 0 Å². The van der Waals surface area contributed by atoms with Crippen molar-refractivity contribution in [3.05, 3.63) is 17.0 Å². The molecule has 7 nitrogen and oxygen atoms in total. The number of unbranched alkanes of at least 4 members (excludes halogenated alkanes) is 1. The SMILES string of the molecule is CCCCC(CN)NS(=O)(=O)c1ccc(CCNS(=O)(=O)CC)s1. The van der Waals surface area contributed by atoms with Crippen LogP contribution in [0.3, 0.4) is 0 Å². The van der Waals surface area contributed by atoms with Crippen molar-refractivity contribution >= 4 is 31.4 Å². The summed E-state index contributed by atoms with van der Waals surface area (Å²) < 4.78 is 52.9. The van der Waals surface area contributed by atoms with Crippen LogP contribution in [0.4, 0.5) is 0 Å². The molecule has 0 radical (unpaired) electrons. The van der Waals surface area contributed by atoms with Crippen LogP contribution in [0.5, 0.6) is 0 Å². The molecule has 10 heteroatoms. The number of nitrogens with two attached hydrogens (primary N) is 1. The zero-order valence-electron chi connectivity index (χ0n) is 14.1. The third-order valence-electron chi connectivity index (χ3n) is 3.49. The molecule has 0 saturated heterocycles. The number of sulfonamides is 2. The largest absolute Gasteiger partial charge is 0.329 e. The van der Waals surface area contributed by atoms with Crippen molar-refractivity contribution in [2.45, 2.75) is 49.8 Å². The van der Waals surface area contributed by atoms with Gasteiger partial charge in [-0.05, 0) is 31.9 Å².